The molecular formula is C11H18N2S2. The second kappa shape index (κ2) is 5.32. The first-order valence-electron chi connectivity index (χ1n) is 5.53. The highest BCUT2D eigenvalue weighted by molar-refractivity contribution is 7.97. The van der Waals surface area contributed by atoms with Crippen molar-refractivity contribution in [3.63, 3.8) is 0 Å². The Labute approximate surface area is 99.9 Å². The van der Waals surface area contributed by atoms with E-state index < -0.39 is 0 Å². The number of nitrogens with one attached hydrogen (secondary N) is 1. The van der Waals surface area contributed by atoms with Crippen molar-refractivity contribution in [1.82, 2.24) is 10.3 Å². The number of hydrogen-bond donors (Lipinski definition) is 1. The fourth-order valence-corrected chi connectivity index (χ4v) is 3.37. The van der Waals surface area contributed by atoms with Crippen molar-refractivity contribution in [3.8, 4) is 0 Å². The zero-order chi connectivity index (χ0) is 10.7. The van der Waals surface area contributed by atoms with Gasteiger partial charge in [-0.3, -0.25) is 0 Å². The van der Waals surface area contributed by atoms with Crippen molar-refractivity contribution in [2.24, 2.45) is 0 Å². The molecule has 1 aromatic rings. The van der Waals surface area contributed by atoms with Crippen LogP contribution in [0, 0.1) is 0 Å². The highest BCUT2D eigenvalue weighted by atomic mass is 32.2. The Morgan fingerprint density at radius 2 is 2.33 bits per heavy atom. The summed E-state index contributed by atoms with van der Waals surface area (Å²) in [6.45, 7) is 3.22. The summed E-state index contributed by atoms with van der Waals surface area (Å²) in [4.78, 5) is 6.13. The quantitative estimate of drug-likeness (QED) is 0.830. The molecule has 0 bridgehead atoms. The number of thioether (sulfide) groups is 1. The minimum atomic E-state index is 0.792. The Kier molecular flexibility index (Phi) is 4.05. The summed E-state index contributed by atoms with van der Waals surface area (Å²) in [5, 5.41) is 4.85. The summed E-state index contributed by atoms with van der Waals surface area (Å²) in [6.07, 6.45) is 5.91. The molecule has 0 unspecified atom stereocenters. The van der Waals surface area contributed by atoms with Gasteiger partial charge in [-0.25, -0.2) is 4.98 Å². The van der Waals surface area contributed by atoms with Gasteiger partial charge < -0.3 is 5.32 Å². The van der Waals surface area contributed by atoms with Crippen LogP contribution >= 0.6 is 23.1 Å². The Bertz CT molecular complexity index is 318. The molecule has 0 aliphatic heterocycles. The van der Waals surface area contributed by atoms with Crippen LogP contribution in [0.15, 0.2) is 0 Å². The highest BCUT2D eigenvalue weighted by Gasteiger charge is 2.21. The molecule has 2 nitrogen and oxygen atoms in total. The van der Waals surface area contributed by atoms with Gasteiger partial charge in [-0.05, 0) is 25.5 Å². The van der Waals surface area contributed by atoms with Gasteiger partial charge >= 0.3 is 0 Å². The van der Waals surface area contributed by atoms with E-state index in [-0.39, 0.29) is 0 Å². The van der Waals surface area contributed by atoms with E-state index in [4.69, 9.17) is 0 Å². The standard InChI is InChI=1S/C11H18N2S2/c1-3-9-10(6-12-8-4-5-8)15-11(13-9)7-14-2/h8,12H,3-7H2,1-2H3. The van der Waals surface area contributed by atoms with E-state index in [2.05, 4.69) is 23.5 Å². The maximum Gasteiger partial charge on any atom is 0.103 e. The summed E-state index contributed by atoms with van der Waals surface area (Å²) in [5.74, 6) is 1.06. The molecule has 0 saturated heterocycles. The molecule has 1 fully saturated rings. The molecule has 4 heteroatoms. The van der Waals surface area contributed by atoms with E-state index in [1.165, 1.54) is 28.4 Å². The number of hydrogen-bond acceptors (Lipinski definition) is 4. The molecule has 1 aromatic heterocycles. The van der Waals surface area contributed by atoms with Gasteiger partial charge in [-0.2, -0.15) is 11.8 Å². The third kappa shape index (κ3) is 3.20. The number of nitrogens with zero attached hydrogens (tertiary/aromatic N) is 1. The van der Waals surface area contributed by atoms with E-state index >= 15 is 0 Å². The fourth-order valence-electron chi connectivity index (χ4n) is 1.56. The van der Waals surface area contributed by atoms with Crippen molar-refractivity contribution in [1.29, 1.82) is 0 Å². The van der Waals surface area contributed by atoms with Crippen LogP contribution in [0.5, 0.6) is 0 Å². The van der Waals surface area contributed by atoms with Gasteiger partial charge in [0.15, 0.2) is 0 Å². The average molecular weight is 242 g/mol. The second-order valence-corrected chi connectivity index (χ2v) is 5.95. The number of rotatable bonds is 6. The third-order valence-electron chi connectivity index (χ3n) is 2.55. The van der Waals surface area contributed by atoms with Crippen molar-refractivity contribution >= 4 is 23.1 Å². The first kappa shape index (κ1) is 11.4. The van der Waals surface area contributed by atoms with Gasteiger partial charge in [-0.1, -0.05) is 6.92 Å². The average Bonchev–Trinajstić information content (AvgIpc) is 2.98. The van der Waals surface area contributed by atoms with Crippen molar-refractivity contribution in [3.05, 3.63) is 15.6 Å². The normalized spacial score (nSPS) is 15.9. The fraction of sp³-hybridized carbons (Fsp3) is 0.727. The van der Waals surface area contributed by atoms with Gasteiger partial charge in [0.05, 0.1) is 5.69 Å². The topological polar surface area (TPSA) is 24.9 Å². The third-order valence-corrected chi connectivity index (χ3v) is 4.40. The Hall–Kier alpha value is -0.0600. The van der Waals surface area contributed by atoms with Crippen LogP contribution in [0.2, 0.25) is 0 Å². The van der Waals surface area contributed by atoms with E-state index in [1.807, 2.05) is 23.1 Å². The molecule has 1 saturated carbocycles. The van der Waals surface area contributed by atoms with Crippen LogP contribution < -0.4 is 5.32 Å². The lowest BCUT2D eigenvalue weighted by Crippen LogP contribution is -2.15. The molecule has 0 atom stereocenters. The summed E-state index contributed by atoms with van der Waals surface area (Å²) < 4.78 is 0. The van der Waals surface area contributed by atoms with Gasteiger partial charge in [0.2, 0.25) is 0 Å². The molecule has 0 radical (unpaired) electrons. The second-order valence-electron chi connectivity index (χ2n) is 3.92. The van der Waals surface area contributed by atoms with Crippen molar-refractivity contribution in [2.75, 3.05) is 6.26 Å². The van der Waals surface area contributed by atoms with Gasteiger partial charge in [0, 0.05) is 23.2 Å². The summed E-state index contributed by atoms with van der Waals surface area (Å²) in [5.41, 5.74) is 1.30. The molecule has 15 heavy (non-hydrogen) atoms. The minimum absolute atomic E-state index is 0.792. The first-order chi connectivity index (χ1) is 7.33. The first-order valence-corrected chi connectivity index (χ1v) is 7.74. The molecule has 0 aromatic carbocycles. The predicted octanol–water partition coefficient (Wildman–Crippen LogP) is 2.82. The molecule has 84 valence electrons. The highest BCUT2D eigenvalue weighted by Crippen LogP contribution is 2.24. The van der Waals surface area contributed by atoms with E-state index in [0.717, 1.165) is 24.8 Å². The molecule has 1 heterocycles. The van der Waals surface area contributed by atoms with Gasteiger partial charge in [0.25, 0.3) is 0 Å². The Morgan fingerprint density at radius 1 is 1.53 bits per heavy atom. The van der Waals surface area contributed by atoms with E-state index in [1.54, 1.807) is 0 Å². The van der Waals surface area contributed by atoms with Crippen LogP contribution in [-0.2, 0) is 18.7 Å². The zero-order valence-electron chi connectivity index (χ0n) is 9.38. The largest absolute Gasteiger partial charge is 0.309 e. The smallest absolute Gasteiger partial charge is 0.103 e. The molecule has 1 aliphatic carbocycles. The predicted molar refractivity (Wildman–Crippen MR) is 68.6 cm³/mol. The molecule has 2 rings (SSSR count). The SMILES string of the molecule is CCc1nc(CSC)sc1CNC1CC1. The van der Waals surface area contributed by atoms with Crippen LogP contribution in [-0.4, -0.2) is 17.3 Å². The van der Waals surface area contributed by atoms with Crippen molar-refractivity contribution in [2.45, 2.75) is 44.5 Å². The lowest BCUT2D eigenvalue weighted by atomic mass is 10.3. The minimum Gasteiger partial charge on any atom is -0.309 e. The molecule has 1 N–H and O–H groups in total. The zero-order valence-corrected chi connectivity index (χ0v) is 11.0. The Morgan fingerprint density at radius 3 is 2.93 bits per heavy atom. The van der Waals surface area contributed by atoms with Gasteiger partial charge in [-0.15, -0.1) is 11.3 Å². The summed E-state index contributed by atoms with van der Waals surface area (Å²) in [6, 6.07) is 0.792. The molecular weight excluding hydrogens is 224 g/mol. The van der Waals surface area contributed by atoms with Crippen LogP contribution in [0.3, 0.4) is 0 Å². The van der Waals surface area contributed by atoms with E-state index in [9.17, 15) is 0 Å². The summed E-state index contributed by atoms with van der Waals surface area (Å²) in [7, 11) is 0. The number of aryl methyl sites for hydroxylation is 1. The van der Waals surface area contributed by atoms with Gasteiger partial charge in [0.1, 0.15) is 5.01 Å². The lowest BCUT2D eigenvalue weighted by Gasteiger charge is -2.00. The maximum atomic E-state index is 4.67. The van der Waals surface area contributed by atoms with Crippen LogP contribution in [0.1, 0.15) is 35.3 Å². The summed E-state index contributed by atoms with van der Waals surface area (Å²) >= 11 is 3.74. The Balaban J connectivity index is 1.98. The molecule has 0 amide bonds. The van der Waals surface area contributed by atoms with Crippen LogP contribution in [0.25, 0.3) is 0 Å². The van der Waals surface area contributed by atoms with E-state index in [0.29, 0.717) is 0 Å². The number of thiazole rings is 1. The number of aromatic nitrogens is 1. The lowest BCUT2D eigenvalue weighted by molar-refractivity contribution is 0.689. The maximum absolute atomic E-state index is 4.67. The monoisotopic (exact) mass is 242 g/mol. The molecule has 1 aliphatic rings. The van der Waals surface area contributed by atoms with Crippen LogP contribution in [0.4, 0.5) is 0 Å². The van der Waals surface area contributed by atoms with Crippen molar-refractivity contribution < 1.29 is 0 Å². The molecule has 0 spiro atoms.